The molecule has 0 unspecified atom stereocenters. The van der Waals surface area contributed by atoms with Crippen LogP contribution in [0.25, 0.3) is 10.9 Å². The second-order valence-corrected chi connectivity index (χ2v) is 3.65. The van der Waals surface area contributed by atoms with E-state index in [1.165, 1.54) is 0 Å². The Kier molecular flexibility index (Phi) is 2.56. The summed E-state index contributed by atoms with van der Waals surface area (Å²) in [6.45, 7) is 4.04. The van der Waals surface area contributed by atoms with Crippen molar-refractivity contribution >= 4 is 22.6 Å². The Morgan fingerprint density at radius 2 is 2.25 bits per heavy atom. The molecule has 0 aliphatic heterocycles. The standard InChI is InChI=1S/C12H14N2O2/c1-3-16-12(15)11-7(2)9-6-8(13)4-5-10(9)14-11/h4-6,14H,3,13H2,1-2H3. The average molecular weight is 218 g/mol. The minimum atomic E-state index is -0.324. The normalized spacial score (nSPS) is 10.6. The first-order chi connectivity index (χ1) is 7.63. The lowest BCUT2D eigenvalue weighted by atomic mass is 10.1. The number of carbonyl (C=O) groups excluding carboxylic acids is 1. The van der Waals surface area contributed by atoms with E-state index in [-0.39, 0.29) is 5.97 Å². The molecule has 1 aromatic carbocycles. The van der Waals surface area contributed by atoms with Crippen molar-refractivity contribution in [2.24, 2.45) is 0 Å². The molecule has 0 spiro atoms. The summed E-state index contributed by atoms with van der Waals surface area (Å²) < 4.78 is 4.97. The molecule has 16 heavy (non-hydrogen) atoms. The predicted molar refractivity (Wildman–Crippen MR) is 63.4 cm³/mol. The fraction of sp³-hybridized carbons (Fsp3) is 0.250. The average Bonchev–Trinajstić information content (AvgIpc) is 2.57. The highest BCUT2D eigenvalue weighted by Gasteiger charge is 2.15. The van der Waals surface area contributed by atoms with Gasteiger partial charge in [-0.3, -0.25) is 0 Å². The SMILES string of the molecule is CCOC(=O)c1[nH]c2ccc(N)cc2c1C. The molecular weight excluding hydrogens is 204 g/mol. The number of aromatic nitrogens is 1. The lowest BCUT2D eigenvalue weighted by molar-refractivity contribution is 0.0520. The molecule has 0 fully saturated rings. The van der Waals surface area contributed by atoms with Gasteiger partial charge in [0.2, 0.25) is 0 Å². The molecule has 0 radical (unpaired) electrons. The predicted octanol–water partition coefficient (Wildman–Crippen LogP) is 2.24. The molecule has 1 heterocycles. The largest absolute Gasteiger partial charge is 0.461 e. The zero-order valence-electron chi connectivity index (χ0n) is 9.33. The summed E-state index contributed by atoms with van der Waals surface area (Å²) in [5, 5.41) is 0.961. The topological polar surface area (TPSA) is 68.1 Å². The Hall–Kier alpha value is -1.97. The Labute approximate surface area is 93.4 Å². The van der Waals surface area contributed by atoms with Crippen LogP contribution in [-0.4, -0.2) is 17.6 Å². The van der Waals surface area contributed by atoms with Crippen LogP contribution in [0.5, 0.6) is 0 Å². The number of hydrogen-bond acceptors (Lipinski definition) is 3. The second kappa shape index (κ2) is 3.89. The van der Waals surface area contributed by atoms with Crippen LogP contribution in [0, 0.1) is 6.92 Å². The molecule has 0 saturated heterocycles. The van der Waals surface area contributed by atoms with Crippen LogP contribution in [0.4, 0.5) is 5.69 Å². The van der Waals surface area contributed by atoms with E-state index in [2.05, 4.69) is 4.98 Å². The second-order valence-electron chi connectivity index (χ2n) is 3.65. The quantitative estimate of drug-likeness (QED) is 0.600. The maximum atomic E-state index is 11.6. The van der Waals surface area contributed by atoms with Crippen LogP contribution in [0.3, 0.4) is 0 Å². The van der Waals surface area contributed by atoms with Crippen LogP contribution in [0.2, 0.25) is 0 Å². The number of esters is 1. The minimum absolute atomic E-state index is 0.324. The third-order valence-electron chi connectivity index (χ3n) is 2.56. The number of nitrogens with two attached hydrogens (primary N) is 1. The van der Waals surface area contributed by atoms with Gasteiger partial charge in [-0.05, 0) is 37.6 Å². The Balaban J connectivity index is 2.56. The van der Waals surface area contributed by atoms with Gasteiger partial charge in [-0.1, -0.05) is 0 Å². The van der Waals surface area contributed by atoms with Crippen molar-refractivity contribution in [3.8, 4) is 0 Å². The van der Waals surface area contributed by atoms with E-state index < -0.39 is 0 Å². The third-order valence-corrected chi connectivity index (χ3v) is 2.56. The highest BCUT2D eigenvalue weighted by molar-refractivity contribution is 5.98. The summed E-state index contributed by atoms with van der Waals surface area (Å²) in [7, 11) is 0. The number of nitrogens with one attached hydrogen (secondary N) is 1. The van der Waals surface area contributed by atoms with Crippen molar-refractivity contribution in [3.63, 3.8) is 0 Å². The van der Waals surface area contributed by atoms with Crippen molar-refractivity contribution in [1.82, 2.24) is 4.98 Å². The van der Waals surface area contributed by atoms with Gasteiger partial charge in [-0.25, -0.2) is 4.79 Å². The minimum Gasteiger partial charge on any atom is -0.461 e. The van der Waals surface area contributed by atoms with E-state index in [1.807, 2.05) is 19.1 Å². The van der Waals surface area contributed by atoms with Crippen molar-refractivity contribution < 1.29 is 9.53 Å². The Morgan fingerprint density at radius 1 is 1.50 bits per heavy atom. The van der Waals surface area contributed by atoms with Crippen LogP contribution in [0.1, 0.15) is 23.0 Å². The number of H-pyrrole nitrogens is 1. The number of nitrogen functional groups attached to an aromatic ring is 1. The number of benzene rings is 1. The number of hydrogen-bond donors (Lipinski definition) is 2. The van der Waals surface area contributed by atoms with Gasteiger partial charge in [0.25, 0.3) is 0 Å². The molecule has 3 N–H and O–H groups in total. The van der Waals surface area contributed by atoms with Gasteiger partial charge in [0.1, 0.15) is 5.69 Å². The molecule has 4 heteroatoms. The van der Waals surface area contributed by atoms with Gasteiger partial charge in [-0.15, -0.1) is 0 Å². The maximum Gasteiger partial charge on any atom is 0.355 e. The molecule has 0 atom stereocenters. The van der Waals surface area contributed by atoms with Gasteiger partial charge in [0.15, 0.2) is 0 Å². The molecule has 0 aliphatic carbocycles. The molecule has 4 nitrogen and oxygen atoms in total. The molecule has 2 rings (SSSR count). The summed E-state index contributed by atoms with van der Waals surface area (Å²) >= 11 is 0. The number of aryl methyl sites for hydroxylation is 1. The summed E-state index contributed by atoms with van der Waals surface area (Å²) in [5.41, 5.74) is 8.67. The van der Waals surface area contributed by atoms with E-state index in [0.29, 0.717) is 18.0 Å². The number of rotatable bonds is 2. The highest BCUT2D eigenvalue weighted by atomic mass is 16.5. The molecule has 2 aromatic rings. The van der Waals surface area contributed by atoms with Crippen LogP contribution in [0.15, 0.2) is 18.2 Å². The van der Waals surface area contributed by atoms with Crippen LogP contribution < -0.4 is 5.73 Å². The summed E-state index contributed by atoms with van der Waals surface area (Å²) in [5.74, 6) is -0.324. The molecule has 0 saturated carbocycles. The zero-order chi connectivity index (χ0) is 11.7. The summed E-state index contributed by atoms with van der Waals surface area (Å²) in [4.78, 5) is 14.7. The molecule has 1 aromatic heterocycles. The fourth-order valence-electron chi connectivity index (χ4n) is 1.75. The number of fused-ring (bicyclic) bond motifs is 1. The first-order valence-electron chi connectivity index (χ1n) is 5.18. The lowest BCUT2D eigenvalue weighted by Crippen LogP contribution is -2.06. The van der Waals surface area contributed by atoms with E-state index in [0.717, 1.165) is 16.5 Å². The molecule has 0 aliphatic rings. The van der Waals surface area contributed by atoms with Gasteiger partial charge < -0.3 is 15.5 Å². The number of carbonyl (C=O) groups is 1. The van der Waals surface area contributed by atoms with Gasteiger partial charge >= 0.3 is 5.97 Å². The lowest BCUT2D eigenvalue weighted by Gasteiger charge is -1.99. The molecule has 0 amide bonds. The van der Waals surface area contributed by atoms with E-state index in [9.17, 15) is 4.79 Å². The van der Waals surface area contributed by atoms with Crippen molar-refractivity contribution in [2.45, 2.75) is 13.8 Å². The van der Waals surface area contributed by atoms with Crippen LogP contribution >= 0.6 is 0 Å². The van der Waals surface area contributed by atoms with Gasteiger partial charge in [0.05, 0.1) is 6.61 Å². The smallest absolute Gasteiger partial charge is 0.355 e. The van der Waals surface area contributed by atoms with E-state index >= 15 is 0 Å². The van der Waals surface area contributed by atoms with Crippen molar-refractivity contribution in [3.05, 3.63) is 29.5 Å². The Morgan fingerprint density at radius 3 is 2.94 bits per heavy atom. The summed E-state index contributed by atoms with van der Waals surface area (Å²) in [6.07, 6.45) is 0. The monoisotopic (exact) mass is 218 g/mol. The molecular formula is C12H14N2O2. The van der Waals surface area contributed by atoms with Crippen molar-refractivity contribution in [2.75, 3.05) is 12.3 Å². The Bertz CT molecular complexity index is 543. The number of ether oxygens (including phenoxy) is 1. The first-order valence-corrected chi connectivity index (χ1v) is 5.18. The fourth-order valence-corrected chi connectivity index (χ4v) is 1.75. The summed E-state index contributed by atoms with van der Waals surface area (Å²) in [6, 6.07) is 5.51. The van der Waals surface area contributed by atoms with Gasteiger partial charge in [0, 0.05) is 16.6 Å². The van der Waals surface area contributed by atoms with Gasteiger partial charge in [-0.2, -0.15) is 0 Å². The molecule has 0 bridgehead atoms. The highest BCUT2D eigenvalue weighted by Crippen LogP contribution is 2.24. The number of aromatic amines is 1. The first kappa shape index (κ1) is 10.5. The van der Waals surface area contributed by atoms with Crippen molar-refractivity contribution in [1.29, 1.82) is 0 Å². The van der Waals surface area contributed by atoms with Crippen LogP contribution in [-0.2, 0) is 4.74 Å². The third kappa shape index (κ3) is 1.62. The van der Waals surface area contributed by atoms with E-state index in [4.69, 9.17) is 10.5 Å². The molecule has 84 valence electrons. The van der Waals surface area contributed by atoms with E-state index in [1.54, 1.807) is 13.0 Å². The zero-order valence-corrected chi connectivity index (χ0v) is 9.33. The number of anilines is 1. The maximum absolute atomic E-state index is 11.6.